The standard InChI is InChI=1S/C16H21N5O4S2/c1-10(22)13-9-26-16(18-13)19-15(23)12-4-6-21(7-5-12)27(24,25)14-8-20(3)11(2)17-14/h8-9,12H,4-7H2,1-3H3,(H,18,19,23). The summed E-state index contributed by atoms with van der Waals surface area (Å²) in [5.74, 6) is -0.0389. The zero-order valence-electron chi connectivity index (χ0n) is 15.3. The fourth-order valence-corrected chi connectivity index (χ4v) is 5.09. The van der Waals surface area contributed by atoms with Gasteiger partial charge >= 0.3 is 0 Å². The van der Waals surface area contributed by atoms with E-state index in [9.17, 15) is 18.0 Å². The molecule has 2 aromatic rings. The number of imidazole rings is 1. The Hall–Kier alpha value is -2.11. The summed E-state index contributed by atoms with van der Waals surface area (Å²) >= 11 is 1.20. The minimum absolute atomic E-state index is 0.0324. The van der Waals surface area contributed by atoms with E-state index in [2.05, 4.69) is 15.3 Å². The van der Waals surface area contributed by atoms with Gasteiger partial charge in [0.25, 0.3) is 10.0 Å². The van der Waals surface area contributed by atoms with Gasteiger partial charge in [0.1, 0.15) is 11.5 Å². The maximum absolute atomic E-state index is 12.7. The van der Waals surface area contributed by atoms with Gasteiger partial charge < -0.3 is 9.88 Å². The molecule has 0 radical (unpaired) electrons. The molecule has 0 spiro atoms. The molecule has 11 heteroatoms. The van der Waals surface area contributed by atoms with Crippen molar-refractivity contribution in [3.05, 3.63) is 23.1 Å². The molecule has 0 bridgehead atoms. The molecule has 1 fully saturated rings. The normalized spacial score (nSPS) is 16.4. The summed E-state index contributed by atoms with van der Waals surface area (Å²) in [7, 11) is -1.91. The number of amides is 1. The number of Topliss-reactive ketones (excluding diaryl/α,β-unsaturated/α-hetero) is 1. The number of nitrogens with zero attached hydrogens (tertiary/aromatic N) is 4. The first-order chi connectivity index (χ1) is 12.7. The number of aryl methyl sites for hydroxylation is 2. The molecule has 27 heavy (non-hydrogen) atoms. The van der Waals surface area contributed by atoms with Crippen LogP contribution in [0.25, 0.3) is 0 Å². The van der Waals surface area contributed by atoms with Gasteiger partial charge in [-0.3, -0.25) is 9.59 Å². The van der Waals surface area contributed by atoms with Crippen LogP contribution in [0, 0.1) is 12.8 Å². The second-order valence-electron chi connectivity index (χ2n) is 6.50. The van der Waals surface area contributed by atoms with Crippen molar-refractivity contribution >= 4 is 38.2 Å². The van der Waals surface area contributed by atoms with Crippen LogP contribution in [0.2, 0.25) is 0 Å². The molecule has 0 saturated carbocycles. The number of nitrogens with one attached hydrogen (secondary N) is 1. The first-order valence-corrected chi connectivity index (χ1v) is 10.8. The van der Waals surface area contributed by atoms with E-state index in [1.807, 2.05) is 0 Å². The second-order valence-corrected chi connectivity index (χ2v) is 9.24. The Kier molecular flexibility index (Phi) is 5.45. The molecule has 3 heterocycles. The van der Waals surface area contributed by atoms with Crippen LogP contribution in [0.15, 0.2) is 16.6 Å². The average molecular weight is 412 g/mol. The van der Waals surface area contributed by atoms with Crippen LogP contribution >= 0.6 is 11.3 Å². The molecular weight excluding hydrogens is 390 g/mol. The third-order valence-electron chi connectivity index (χ3n) is 4.61. The quantitative estimate of drug-likeness (QED) is 0.745. The Morgan fingerprint density at radius 3 is 2.44 bits per heavy atom. The summed E-state index contributed by atoms with van der Waals surface area (Å²) in [6, 6.07) is 0. The van der Waals surface area contributed by atoms with Crippen LogP contribution in [-0.4, -0.2) is 52.0 Å². The highest BCUT2D eigenvalue weighted by Gasteiger charge is 2.33. The average Bonchev–Trinajstić information content (AvgIpc) is 3.22. The van der Waals surface area contributed by atoms with E-state index in [-0.39, 0.29) is 35.7 Å². The molecule has 0 unspecified atom stereocenters. The Morgan fingerprint density at radius 1 is 1.26 bits per heavy atom. The number of aromatic nitrogens is 3. The number of hydrogen-bond donors (Lipinski definition) is 1. The number of carbonyl (C=O) groups is 2. The van der Waals surface area contributed by atoms with Gasteiger partial charge in [-0.15, -0.1) is 11.3 Å². The van der Waals surface area contributed by atoms with E-state index in [1.54, 1.807) is 23.9 Å². The smallest absolute Gasteiger partial charge is 0.262 e. The Bertz CT molecular complexity index is 951. The van der Waals surface area contributed by atoms with Gasteiger partial charge in [0.2, 0.25) is 5.91 Å². The molecule has 2 aromatic heterocycles. The van der Waals surface area contributed by atoms with Crippen molar-refractivity contribution in [3.63, 3.8) is 0 Å². The van der Waals surface area contributed by atoms with Crippen molar-refractivity contribution in [2.45, 2.75) is 31.7 Å². The summed E-state index contributed by atoms with van der Waals surface area (Å²) < 4.78 is 28.4. The lowest BCUT2D eigenvalue weighted by atomic mass is 9.97. The third kappa shape index (κ3) is 4.09. The summed E-state index contributed by atoms with van der Waals surface area (Å²) in [6.07, 6.45) is 2.34. The van der Waals surface area contributed by atoms with Crippen molar-refractivity contribution in [3.8, 4) is 0 Å². The SMILES string of the molecule is CC(=O)c1csc(NC(=O)C2CCN(S(=O)(=O)c3cn(C)c(C)n3)CC2)n1. The Morgan fingerprint density at radius 2 is 1.93 bits per heavy atom. The summed E-state index contributed by atoms with van der Waals surface area (Å²) in [4.78, 5) is 31.9. The molecule has 3 rings (SSSR count). The Labute approximate surface area is 161 Å². The number of ketones is 1. The molecule has 1 saturated heterocycles. The van der Waals surface area contributed by atoms with Crippen molar-refractivity contribution in [1.29, 1.82) is 0 Å². The van der Waals surface area contributed by atoms with Crippen molar-refractivity contribution in [2.75, 3.05) is 18.4 Å². The van der Waals surface area contributed by atoms with Gasteiger partial charge in [0.15, 0.2) is 15.9 Å². The van der Waals surface area contributed by atoms with Gasteiger partial charge in [-0.25, -0.2) is 18.4 Å². The minimum Gasteiger partial charge on any atom is -0.337 e. The van der Waals surface area contributed by atoms with E-state index in [0.29, 0.717) is 29.5 Å². The van der Waals surface area contributed by atoms with Crippen molar-refractivity contribution in [2.24, 2.45) is 13.0 Å². The summed E-state index contributed by atoms with van der Waals surface area (Å²) in [5.41, 5.74) is 0.321. The van der Waals surface area contributed by atoms with E-state index in [4.69, 9.17) is 0 Å². The van der Waals surface area contributed by atoms with Crippen LogP contribution < -0.4 is 5.32 Å². The van der Waals surface area contributed by atoms with Gasteiger partial charge in [-0.2, -0.15) is 4.31 Å². The number of hydrogen-bond acceptors (Lipinski definition) is 7. The highest BCUT2D eigenvalue weighted by atomic mass is 32.2. The zero-order chi connectivity index (χ0) is 19.8. The number of thiazole rings is 1. The molecular formula is C16H21N5O4S2. The van der Waals surface area contributed by atoms with Crippen LogP contribution in [-0.2, 0) is 21.9 Å². The Balaban J connectivity index is 1.60. The van der Waals surface area contributed by atoms with Crippen LogP contribution in [0.4, 0.5) is 5.13 Å². The molecule has 0 aliphatic carbocycles. The fourth-order valence-electron chi connectivity index (χ4n) is 2.84. The lowest BCUT2D eigenvalue weighted by molar-refractivity contribution is -0.120. The van der Waals surface area contributed by atoms with Crippen LogP contribution in [0.5, 0.6) is 0 Å². The van der Waals surface area contributed by atoms with Gasteiger partial charge in [0.05, 0.1) is 0 Å². The predicted molar refractivity (Wildman–Crippen MR) is 100 cm³/mol. The first-order valence-electron chi connectivity index (χ1n) is 8.46. The van der Waals surface area contributed by atoms with Crippen LogP contribution in [0.3, 0.4) is 0 Å². The highest BCUT2D eigenvalue weighted by Crippen LogP contribution is 2.25. The van der Waals surface area contributed by atoms with E-state index in [0.717, 1.165) is 0 Å². The zero-order valence-corrected chi connectivity index (χ0v) is 16.9. The van der Waals surface area contributed by atoms with Crippen LogP contribution in [0.1, 0.15) is 36.1 Å². The number of sulfonamides is 1. The molecule has 0 atom stereocenters. The number of piperidine rings is 1. The number of rotatable bonds is 5. The van der Waals surface area contributed by atoms with Gasteiger partial charge in [-0.05, 0) is 19.8 Å². The molecule has 9 nitrogen and oxygen atoms in total. The molecule has 1 aliphatic heterocycles. The monoisotopic (exact) mass is 411 g/mol. The number of carbonyl (C=O) groups excluding carboxylic acids is 2. The second kappa shape index (κ2) is 7.49. The first kappa shape index (κ1) is 19.6. The summed E-state index contributed by atoms with van der Waals surface area (Å²) in [5, 5.41) is 4.73. The number of anilines is 1. The van der Waals surface area contributed by atoms with E-state index in [1.165, 1.54) is 28.8 Å². The topological polar surface area (TPSA) is 114 Å². The summed E-state index contributed by atoms with van der Waals surface area (Å²) in [6.45, 7) is 3.67. The molecule has 0 aromatic carbocycles. The lowest BCUT2D eigenvalue weighted by Gasteiger charge is -2.29. The van der Waals surface area contributed by atoms with Crippen molar-refractivity contribution < 1.29 is 18.0 Å². The maximum Gasteiger partial charge on any atom is 0.262 e. The van der Waals surface area contributed by atoms with E-state index >= 15 is 0 Å². The molecule has 1 amide bonds. The van der Waals surface area contributed by atoms with E-state index < -0.39 is 10.0 Å². The largest absolute Gasteiger partial charge is 0.337 e. The molecule has 1 N–H and O–H groups in total. The lowest BCUT2D eigenvalue weighted by Crippen LogP contribution is -2.41. The van der Waals surface area contributed by atoms with Crippen molar-refractivity contribution in [1.82, 2.24) is 18.8 Å². The van der Waals surface area contributed by atoms with Gasteiger partial charge in [0, 0.05) is 44.6 Å². The fraction of sp³-hybridized carbons (Fsp3) is 0.500. The molecule has 1 aliphatic rings. The van der Waals surface area contributed by atoms with Gasteiger partial charge in [-0.1, -0.05) is 0 Å². The maximum atomic E-state index is 12.7. The minimum atomic E-state index is -3.66. The predicted octanol–water partition coefficient (Wildman–Crippen LogP) is 1.43. The third-order valence-corrected chi connectivity index (χ3v) is 7.14. The highest BCUT2D eigenvalue weighted by molar-refractivity contribution is 7.89. The molecule has 146 valence electrons.